The Morgan fingerprint density at radius 1 is 1.22 bits per heavy atom. The number of nitrogens with zero attached hydrogens (tertiary/aromatic N) is 1. The topological polar surface area (TPSA) is 72.5 Å². The van der Waals surface area contributed by atoms with Crippen molar-refractivity contribution in [2.75, 3.05) is 32.1 Å². The summed E-state index contributed by atoms with van der Waals surface area (Å²) in [4.78, 5) is 17.7. The summed E-state index contributed by atoms with van der Waals surface area (Å²) in [7, 11) is 1.73. The number of fused-ring (bicyclic) bond motifs is 1. The summed E-state index contributed by atoms with van der Waals surface area (Å²) in [6.07, 6.45) is 6.90. The van der Waals surface area contributed by atoms with Crippen LogP contribution in [0.3, 0.4) is 0 Å². The summed E-state index contributed by atoms with van der Waals surface area (Å²) < 4.78 is 11.3. The lowest BCUT2D eigenvalue weighted by Gasteiger charge is -2.22. The largest absolute Gasteiger partial charge is 0.496 e. The van der Waals surface area contributed by atoms with Crippen LogP contribution in [0, 0.1) is 11.8 Å². The SMILES string of the molecule is COc1cc(CCCCC(C(=O)OCc2ccccc2)[C@@H]2CCNC2)nc2c1CCCN2. The maximum atomic E-state index is 12.9. The molecule has 172 valence electrons. The van der Waals surface area contributed by atoms with Gasteiger partial charge in [-0.25, -0.2) is 4.98 Å². The molecule has 4 rings (SSSR count). The van der Waals surface area contributed by atoms with E-state index in [1.54, 1.807) is 7.11 Å². The molecular weight excluding hydrogens is 402 g/mol. The Balaban J connectivity index is 1.31. The average Bonchev–Trinajstić information content (AvgIpc) is 3.37. The lowest BCUT2D eigenvalue weighted by atomic mass is 9.87. The van der Waals surface area contributed by atoms with Gasteiger partial charge in [-0.15, -0.1) is 0 Å². The highest BCUT2D eigenvalue weighted by Crippen LogP contribution is 2.31. The number of aryl methyl sites for hydroxylation is 1. The van der Waals surface area contributed by atoms with E-state index in [1.807, 2.05) is 30.3 Å². The van der Waals surface area contributed by atoms with Crippen LogP contribution in [0.4, 0.5) is 5.82 Å². The maximum Gasteiger partial charge on any atom is 0.309 e. The number of anilines is 1. The van der Waals surface area contributed by atoms with E-state index in [1.165, 1.54) is 5.56 Å². The second-order valence-corrected chi connectivity index (χ2v) is 8.87. The van der Waals surface area contributed by atoms with Gasteiger partial charge in [-0.3, -0.25) is 4.79 Å². The summed E-state index contributed by atoms with van der Waals surface area (Å²) in [6, 6.07) is 12.0. The molecule has 0 saturated carbocycles. The quantitative estimate of drug-likeness (QED) is 0.430. The van der Waals surface area contributed by atoms with Gasteiger partial charge in [0.25, 0.3) is 0 Å². The van der Waals surface area contributed by atoms with Crippen molar-refractivity contribution in [1.29, 1.82) is 0 Å². The fraction of sp³-hybridized carbons (Fsp3) is 0.538. The van der Waals surface area contributed by atoms with Crippen molar-refractivity contribution in [3.05, 3.63) is 53.2 Å². The van der Waals surface area contributed by atoms with Gasteiger partial charge in [0.15, 0.2) is 0 Å². The molecule has 1 unspecified atom stereocenters. The zero-order chi connectivity index (χ0) is 22.2. The van der Waals surface area contributed by atoms with Crippen LogP contribution < -0.4 is 15.4 Å². The van der Waals surface area contributed by atoms with E-state index in [9.17, 15) is 4.79 Å². The molecule has 2 atom stereocenters. The predicted octanol–water partition coefficient (Wildman–Crippen LogP) is 4.13. The van der Waals surface area contributed by atoms with E-state index in [0.29, 0.717) is 12.5 Å². The van der Waals surface area contributed by atoms with Gasteiger partial charge in [0.2, 0.25) is 0 Å². The molecule has 0 amide bonds. The van der Waals surface area contributed by atoms with E-state index in [0.717, 1.165) is 87.4 Å². The lowest BCUT2D eigenvalue weighted by Crippen LogP contribution is -2.27. The van der Waals surface area contributed by atoms with Gasteiger partial charge in [-0.1, -0.05) is 36.8 Å². The highest BCUT2D eigenvalue weighted by molar-refractivity contribution is 5.73. The van der Waals surface area contributed by atoms with Crippen molar-refractivity contribution in [1.82, 2.24) is 10.3 Å². The van der Waals surface area contributed by atoms with Crippen molar-refractivity contribution in [2.24, 2.45) is 11.8 Å². The fourth-order valence-corrected chi connectivity index (χ4v) is 4.84. The zero-order valence-electron chi connectivity index (χ0n) is 19.1. The molecule has 1 aromatic carbocycles. The van der Waals surface area contributed by atoms with Gasteiger partial charge in [0, 0.05) is 23.9 Å². The molecule has 1 fully saturated rings. The zero-order valence-corrected chi connectivity index (χ0v) is 19.1. The molecule has 0 spiro atoms. The monoisotopic (exact) mass is 437 g/mol. The Kier molecular flexibility index (Phi) is 7.99. The van der Waals surface area contributed by atoms with Gasteiger partial charge in [0.05, 0.1) is 13.0 Å². The van der Waals surface area contributed by atoms with Gasteiger partial charge in [0.1, 0.15) is 18.2 Å². The Morgan fingerprint density at radius 2 is 2.09 bits per heavy atom. The third-order valence-corrected chi connectivity index (χ3v) is 6.64. The molecule has 0 bridgehead atoms. The third kappa shape index (κ3) is 5.80. The van der Waals surface area contributed by atoms with E-state index in [4.69, 9.17) is 14.5 Å². The molecule has 1 aromatic heterocycles. The number of nitrogens with one attached hydrogen (secondary N) is 2. The molecule has 0 radical (unpaired) electrons. The Hall–Kier alpha value is -2.60. The number of carbonyl (C=O) groups is 1. The number of benzene rings is 1. The van der Waals surface area contributed by atoms with Gasteiger partial charge >= 0.3 is 5.97 Å². The normalized spacial score (nSPS) is 18.5. The van der Waals surface area contributed by atoms with Gasteiger partial charge in [-0.05, 0) is 63.1 Å². The molecule has 32 heavy (non-hydrogen) atoms. The first-order valence-corrected chi connectivity index (χ1v) is 12.0. The summed E-state index contributed by atoms with van der Waals surface area (Å²) in [6.45, 7) is 3.20. The Morgan fingerprint density at radius 3 is 2.88 bits per heavy atom. The van der Waals surface area contributed by atoms with Crippen molar-refractivity contribution in [3.63, 3.8) is 0 Å². The van der Waals surface area contributed by atoms with Crippen LogP contribution in [0.5, 0.6) is 5.75 Å². The molecule has 6 heteroatoms. The number of ether oxygens (including phenoxy) is 2. The standard InChI is InChI=1S/C26H35N3O3/c1-31-24-16-21(29-25-23(24)12-7-14-28-25)10-5-6-11-22(20-13-15-27-17-20)26(30)32-18-19-8-3-2-4-9-19/h2-4,8-9,16,20,22,27H,5-7,10-15,17-18H2,1H3,(H,28,29)/t20-,22?/m1/s1. The van der Waals surface area contributed by atoms with Crippen LogP contribution in [-0.2, 0) is 29.0 Å². The fourth-order valence-electron chi connectivity index (χ4n) is 4.84. The van der Waals surface area contributed by atoms with Crippen LogP contribution in [0.25, 0.3) is 0 Å². The van der Waals surface area contributed by atoms with Crippen molar-refractivity contribution < 1.29 is 14.3 Å². The number of hydrogen-bond acceptors (Lipinski definition) is 6. The first kappa shape index (κ1) is 22.6. The Bertz CT molecular complexity index is 864. The smallest absolute Gasteiger partial charge is 0.309 e. The highest BCUT2D eigenvalue weighted by atomic mass is 16.5. The summed E-state index contributed by atoms with van der Waals surface area (Å²) in [5.41, 5.74) is 3.28. The van der Waals surface area contributed by atoms with Crippen LogP contribution in [-0.4, -0.2) is 37.7 Å². The molecule has 2 aliphatic heterocycles. The number of pyridine rings is 1. The van der Waals surface area contributed by atoms with Crippen molar-refractivity contribution in [3.8, 4) is 5.75 Å². The predicted molar refractivity (Wildman–Crippen MR) is 126 cm³/mol. The number of rotatable bonds is 10. The number of carbonyl (C=O) groups excluding carboxylic acids is 1. The van der Waals surface area contributed by atoms with Crippen LogP contribution in [0.2, 0.25) is 0 Å². The Labute approximate surface area is 191 Å². The van der Waals surface area contributed by atoms with Crippen LogP contribution in [0.15, 0.2) is 36.4 Å². The third-order valence-electron chi connectivity index (χ3n) is 6.64. The summed E-state index contributed by atoms with van der Waals surface area (Å²) >= 11 is 0. The minimum atomic E-state index is -0.0553. The number of methoxy groups -OCH3 is 1. The van der Waals surface area contributed by atoms with E-state index < -0.39 is 0 Å². The number of unbranched alkanes of at least 4 members (excludes halogenated alkanes) is 1. The minimum Gasteiger partial charge on any atom is -0.496 e. The maximum absolute atomic E-state index is 12.9. The molecule has 0 aliphatic carbocycles. The highest BCUT2D eigenvalue weighted by Gasteiger charge is 2.31. The van der Waals surface area contributed by atoms with Gasteiger partial charge in [-0.2, -0.15) is 0 Å². The van der Waals surface area contributed by atoms with Gasteiger partial charge < -0.3 is 20.1 Å². The molecule has 2 aliphatic rings. The second kappa shape index (κ2) is 11.3. The summed E-state index contributed by atoms with van der Waals surface area (Å²) in [5.74, 6) is 2.19. The van der Waals surface area contributed by atoms with E-state index >= 15 is 0 Å². The molecule has 2 aromatic rings. The minimum absolute atomic E-state index is 0.0404. The summed E-state index contributed by atoms with van der Waals surface area (Å²) in [5, 5.41) is 6.81. The van der Waals surface area contributed by atoms with Crippen LogP contribution >= 0.6 is 0 Å². The first-order chi connectivity index (χ1) is 15.7. The molecule has 2 N–H and O–H groups in total. The van der Waals surface area contributed by atoms with E-state index in [-0.39, 0.29) is 11.9 Å². The number of aromatic nitrogens is 1. The lowest BCUT2D eigenvalue weighted by molar-refractivity contribution is -0.152. The van der Waals surface area contributed by atoms with E-state index in [2.05, 4.69) is 16.7 Å². The molecule has 6 nitrogen and oxygen atoms in total. The number of hydrogen-bond donors (Lipinski definition) is 2. The van der Waals surface area contributed by atoms with Crippen molar-refractivity contribution in [2.45, 2.75) is 51.6 Å². The second-order valence-electron chi connectivity index (χ2n) is 8.87. The van der Waals surface area contributed by atoms with Crippen LogP contribution in [0.1, 0.15) is 48.9 Å². The molecule has 3 heterocycles. The molecule has 1 saturated heterocycles. The average molecular weight is 438 g/mol. The number of esters is 1. The van der Waals surface area contributed by atoms with Crippen molar-refractivity contribution >= 4 is 11.8 Å². The molecular formula is C26H35N3O3. The first-order valence-electron chi connectivity index (χ1n) is 12.0.